The van der Waals surface area contributed by atoms with Gasteiger partial charge in [0.1, 0.15) is 11.3 Å². The summed E-state index contributed by atoms with van der Waals surface area (Å²) in [6.07, 6.45) is 0. The standard InChI is InChI=1S/C13H18N2O3S/c1-8(2)9(3)19(16,17)7-12-15-13-10(14)5-4-6-11(13)18-12/h4-6,8-9H,7,14H2,1-3H3. The molecule has 1 atom stereocenters. The molecule has 1 unspecified atom stereocenters. The van der Waals surface area contributed by atoms with Crippen molar-refractivity contribution in [3.05, 3.63) is 24.1 Å². The molecule has 2 rings (SSSR count). The van der Waals surface area contributed by atoms with E-state index in [9.17, 15) is 8.42 Å². The smallest absolute Gasteiger partial charge is 0.210 e. The van der Waals surface area contributed by atoms with Crippen LogP contribution in [0.2, 0.25) is 0 Å². The SMILES string of the molecule is CC(C)C(C)S(=O)(=O)Cc1nc2c(N)cccc2o1. The number of oxazole rings is 1. The van der Waals surface area contributed by atoms with Gasteiger partial charge in [0.25, 0.3) is 0 Å². The van der Waals surface area contributed by atoms with E-state index in [0.29, 0.717) is 16.8 Å². The Kier molecular flexibility index (Phi) is 3.54. The monoisotopic (exact) mass is 282 g/mol. The molecule has 0 saturated carbocycles. The van der Waals surface area contributed by atoms with E-state index in [4.69, 9.17) is 10.2 Å². The Bertz CT molecular complexity index is 689. The van der Waals surface area contributed by atoms with Crippen LogP contribution in [0.3, 0.4) is 0 Å². The molecule has 5 nitrogen and oxygen atoms in total. The predicted octanol–water partition coefficient (Wildman–Crippen LogP) is 2.37. The van der Waals surface area contributed by atoms with Crippen LogP contribution < -0.4 is 5.73 Å². The second-order valence-corrected chi connectivity index (χ2v) is 7.42. The third-order valence-corrected chi connectivity index (χ3v) is 5.65. The first-order valence-electron chi connectivity index (χ1n) is 6.16. The normalized spacial score (nSPS) is 14.1. The predicted molar refractivity (Wildman–Crippen MR) is 75.3 cm³/mol. The molecule has 2 aromatic rings. The number of hydrogen-bond acceptors (Lipinski definition) is 5. The number of aromatic nitrogens is 1. The van der Waals surface area contributed by atoms with Crippen molar-refractivity contribution in [3.8, 4) is 0 Å². The Morgan fingerprint density at radius 1 is 1.32 bits per heavy atom. The van der Waals surface area contributed by atoms with Gasteiger partial charge in [0.05, 0.1) is 10.9 Å². The summed E-state index contributed by atoms with van der Waals surface area (Å²) in [7, 11) is -3.27. The fraction of sp³-hybridized carbons (Fsp3) is 0.462. The van der Waals surface area contributed by atoms with Crippen LogP contribution in [0, 0.1) is 5.92 Å². The summed E-state index contributed by atoms with van der Waals surface area (Å²) in [5.41, 5.74) is 7.29. The maximum Gasteiger partial charge on any atom is 0.210 e. The summed E-state index contributed by atoms with van der Waals surface area (Å²) >= 11 is 0. The largest absolute Gasteiger partial charge is 0.439 e. The lowest BCUT2D eigenvalue weighted by atomic mass is 10.2. The summed E-state index contributed by atoms with van der Waals surface area (Å²) in [5.74, 6) is 0.0559. The third-order valence-electron chi connectivity index (χ3n) is 3.32. The fourth-order valence-corrected chi connectivity index (χ4v) is 3.36. The second kappa shape index (κ2) is 4.85. The van der Waals surface area contributed by atoms with Gasteiger partial charge in [-0.3, -0.25) is 0 Å². The van der Waals surface area contributed by atoms with Crippen molar-refractivity contribution in [1.29, 1.82) is 0 Å². The number of nitrogens with zero attached hydrogens (tertiary/aromatic N) is 1. The maximum absolute atomic E-state index is 12.2. The van der Waals surface area contributed by atoms with Crippen LogP contribution in [0.25, 0.3) is 11.1 Å². The van der Waals surface area contributed by atoms with Gasteiger partial charge in [0, 0.05) is 0 Å². The molecule has 0 aliphatic rings. The molecule has 1 heterocycles. The number of anilines is 1. The van der Waals surface area contributed by atoms with Crippen LogP contribution in [0.15, 0.2) is 22.6 Å². The zero-order chi connectivity index (χ0) is 14.2. The van der Waals surface area contributed by atoms with Crippen LogP contribution in [-0.2, 0) is 15.6 Å². The number of para-hydroxylation sites is 1. The highest BCUT2D eigenvalue weighted by atomic mass is 32.2. The molecule has 1 aromatic heterocycles. The van der Waals surface area contributed by atoms with Gasteiger partial charge in [-0.2, -0.15) is 0 Å². The Balaban J connectivity index is 2.34. The molecule has 0 spiro atoms. The molecule has 0 saturated heterocycles. The van der Waals surface area contributed by atoms with Gasteiger partial charge in [-0.25, -0.2) is 13.4 Å². The lowest BCUT2D eigenvalue weighted by Crippen LogP contribution is -2.24. The number of fused-ring (bicyclic) bond motifs is 1. The zero-order valence-electron chi connectivity index (χ0n) is 11.3. The van der Waals surface area contributed by atoms with E-state index in [0.717, 1.165) is 0 Å². The van der Waals surface area contributed by atoms with E-state index < -0.39 is 15.1 Å². The molecular formula is C13H18N2O3S. The minimum atomic E-state index is -3.27. The zero-order valence-corrected chi connectivity index (χ0v) is 12.1. The molecule has 2 N–H and O–H groups in total. The molecular weight excluding hydrogens is 264 g/mol. The summed E-state index contributed by atoms with van der Waals surface area (Å²) in [6.45, 7) is 5.47. The molecule has 0 amide bonds. The Labute approximate surface area is 112 Å². The molecule has 0 radical (unpaired) electrons. The summed E-state index contributed by atoms with van der Waals surface area (Å²) in [6, 6.07) is 5.18. The minimum absolute atomic E-state index is 0.0550. The fourth-order valence-electron chi connectivity index (χ4n) is 1.80. The van der Waals surface area contributed by atoms with Crippen molar-refractivity contribution in [3.63, 3.8) is 0 Å². The number of hydrogen-bond donors (Lipinski definition) is 1. The number of sulfone groups is 1. The third kappa shape index (κ3) is 2.73. The van der Waals surface area contributed by atoms with Gasteiger partial charge in [0.15, 0.2) is 15.4 Å². The average Bonchev–Trinajstić information content (AvgIpc) is 2.71. The lowest BCUT2D eigenvalue weighted by Gasteiger charge is -2.14. The number of rotatable bonds is 4. The van der Waals surface area contributed by atoms with Gasteiger partial charge in [0.2, 0.25) is 5.89 Å². The number of nitrogen functional groups attached to an aromatic ring is 1. The quantitative estimate of drug-likeness (QED) is 0.870. The molecule has 0 bridgehead atoms. The van der Waals surface area contributed by atoms with Crippen LogP contribution >= 0.6 is 0 Å². The van der Waals surface area contributed by atoms with Crippen molar-refractivity contribution >= 4 is 26.6 Å². The van der Waals surface area contributed by atoms with Crippen LogP contribution in [-0.4, -0.2) is 18.7 Å². The van der Waals surface area contributed by atoms with Gasteiger partial charge in [-0.15, -0.1) is 0 Å². The minimum Gasteiger partial charge on any atom is -0.439 e. The Morgan fingerprint density at radius 3 is 2.58 bits per heavy atom. The highest BCUT2D eigenvalue weighted by Crippen LogP contribution is 2.24. The van der Waals surface area contributed by atoms with E-state index in [1.54, 1.807) is 25.1 Å². The van der Waals surface area contributed by atoms with Gasteiger partial charge < -0.3 is 10.2 Å². The molecule has 0 aliphatic heterocycles. The van der Waals surface area contributed by atoms with E-state index in [2.05, 4.69) is 4.98 Å². The van der Waals surface area contributed by atoms with Gasteiger partial charge in [-0.1, -0.05) is 19.9 Å². The van der Waals surface area contributed by atoms with Crippen molar-refractivity contribution in [2.24, 2.45) is 5.92 Å². The summed E-state index contributed by atoms with van der Waals surface area (Å²) < 4.78 is 29.8. The second-order valence-electron chi connectivity index (χ2n) is 5.06. The average molecular weight is 282 g/mol. The summed E-state index contributed by atoms with van der Waals surface area (Å²) in [4.78, 5) is 4.17. The molecule has 0 aliphatic carbocycles. The molecule has 6 heteroatoms. The number of nitrogens with two attached hydrogens (primary N) is 1. The van der Waals surface area contributed by atoms with Gasteiger partial charge in [-0.05, 0) is 25.0 Å². The first-order valence-corrected chi connectivity index (χ1v) is 7.88. The van der Waals surface area contributed by atoms with Crippen LogP contribution in [0.1, 0.15) is 26.7 Å². The highest BCUT2D eigenvalue weighted by molar-refractivity contribution is 7.91. The van der Waals surface area contributed by atoms with Crippen molar-refractivity contribution in [2.75, 3.05) is 5.73 Å². The topological polar surface area (TPSA) is 86.2 Å². The first kappa shape index (κ1) is 13.9. The van der Waals surface area contributed by atoms with Crippen molar-refractivity contribution in [2.45, 2.75) is 31.8 Å². The van der Waals surface area contributed by atoms with E-state index in [-0.39, 0.29) is 17.6 Å². The Morgan fingerprint density at radius 2 is 2.00 bits per heavy atom. The Hall–Kier alpha value is -1.56. The van der Waals surface area contributed by atoms with Crippen molar-refractivity contribution in [1.82, 2.24) is 4.98 Å². The van der Waals surface area contributed by atoms with E-state index >= 15 is 0 Å². The van der Waals surface area contributed by atoms with Crippen LogP contribution in [0.5, 0.6) is 0 Å². The first-order chi connectivity index (χ1) is 8.81. The van der Waals surface area contributed by atoms with Crippen LogP contribution in [0.4, 0.5) is 5.69 Å². The molecule has 1 aromatic carbocycles. The summed E-state index contributed by atoms with van der Waals surface area (Å²) in [5, 5.41) is -0.431. The van der Waals surface area contributed by atoms with E-state index in [1.165, 1.54) is 0 Å². The molecule has 19 heavy (non-hydrogen) atoms. The van der Waals surface area contributed by atoms with Crippen molar-refractivity contribution < 1.29 is 12.8 Å². The molecule has 104 valence electrons. The highest BCUT2D eigenvalue weighted by Gasteiger charge is 2.26. The molecule has 0 fully saturated rings. The number of benzene rings is 1. The maximum atomic E-state index is 12.2. The van der Waals surface area contributed by atoms with E-state index in [1.807, 2.05) is 13.8 Å². The van der Waals surface area contributed by atoms with Gasteiger partial charge >= 0.3 is 0 Å². The lowest BCUT2D eigenvalue weighted by molar-refractivity contribution is 0.520.